The number of aliphatic hydroxyl groups excluding tert-OH is 3. The van der Waals surface area contributed by atoms with Gasteiger partial charge in [0, 0.05) is 11.6 Å². The molecule has 4 atom stereocenters. The number of anilines is 1. The summed E-state index contributed by atoms with van der Waals surface area (Å²) in [6, 6.07) is 0. The van der Waals surface area contributed by atoms with Crippen LogP contribution in [0.2, 0.25) is 0 Å². The van der Waals surface area contributed by atoms with Crippen molar-refractivity contribution in [1.82, 2.24) is 19.5 Å². The molecule has 0 radical (unpaired) electrons. The van der Waals surface area contributed by atoms with Gasteiger partial charge in [0.25, 0.3) is 0 Å². The summed E-state index contributed by atoms with van der Waals surface area (Å²) in [4.78, 5) is 12.6. The zero-order chi connectivity index (χ0) is 17.3. The number of aromatic nitrogens is 4. The number of rotatable bonds is 5. The highest BCUT2D eigenvalue weighted by atomic mass is 35.5. The van der Waals surface area contributed by atoms with Crippen LogP contribution in [-0.2, 0) is 4.74 Å². The Kier molecular flexibility index (Phi) is 4.97. The van der Waals surface area contributed by atoms with Crippen LogP contribution in [0.15, 0.2) is 23.8 Å². The van der Waals surface area contributed by atoms with Crippen molar-refractivity contribution in [3.05, 3.63) is 23.8 Å². The van der Waals surface area contributed by atoms with E-state index in [4.69, 9.17) is 16.3 Å². The first-order valence-electron chi connectivity index (χ1n) is 7.39. The van der Waals surface area contributed by atoms with E-state index in [0.717, 1.165) is 0 Å². The second kappa shape index (κ2) is 6.99. The number of halogens is 1. The third-order valence-electron chi connectivity index (χ3n) is 3.80. The lowest BCUT2D eigenvalue weighted by molar-refractivity contribution is -0.0511. The molecule has 1 aliphatic heterocycles. The molecule has 4 N–H and O–H groups in total. The second-order valence-corrected chi connectivity index (χ2v) is 6.04. The van der Waals surface area contributed by atoms with Crippen molar-refractivity contribution >= 4 is 28.6 Å². The molecular formula is C14H18ClN5O4. The number of fused-ring (bicyclic) bond motifs is 1. The molecule has 2 aromatic rings. The smallest absolute Gasteiger partial charge is 0.167 e. The molecule has 0 unspecified atom stereocenters. The van der Waals surface area contributed by atoms with Crippen molar-refractivity contribution in [2.75, 3.05) is 18.5 Å². The SMILES string of the molecule is C/C(Cl)=C/CNc1ncnc2c1ncn2[C@@H]1O[C@@H](CO)[C@@H](O)[C@H]1O. The summed E-state index contributed by atoms with van der Waals surface area (Å²) < 4.78 is 7.01. The predicted octanol–water partition coefficient (Wildman–Crippen LogP) is -0.00770. The fraction of sp³-hybridized carbons (Fsp3) is 0.500. The Labute approximate surface area is 142 Å². The highest BCUT2D eigenvalue weighted by Crippen LogP contribution is 2.31. The van der Waals surface area contributed by atoms with E-state index in [1.54, 1.807) is 13.0 Å². The average Bonchev–Trinajstić information content (AvgIpc) is 3.10. The number of hydrogen-bond donors (Lipinski definition) is 4. The standard InChI is InChI=1S/C14H18ClN5O4/c1-7(15)2-3-16-12-9-13(18-5-17-12)20(6-19-9)14-11(23)10(22)8(4-21)24-14/h2,5-6,8,10-11,14,21-23H,3-4H2,1H3,(H,16,17,18)/b7-2-/t8-,10+,11+,14+/m0/s1. The Morgan fingerprint density at radius 1 is 1.38 bits per heavy atom. The van der Waals surface area contributed by atoms with Gasteiger partial charge in [-0.2, -0.15) is 0 Å². The summed E-state index contributed by atoms with van der Waals surface area (Å²) in [5.41, 5.74) is 0.935. The summed E-state index contributed by atoms with van der Waals surface area (Å²) in [5.74, 6) is 0.514. The first-order chi connectivity index (χ1) is 11.5. The van der Waals surface area contributed by atoms with Gasteiger partial charge < -0.3 is 25.4 Å². The zero-order valence-electron chi connectivity index (χ0n) is 12.9. The highest BCUT2D eigenvalue weighted by Gasteiger charge is 2.43. The lowest BCUT2D eigenvalue weighted by Crippen LogP contribution is -2.33. The minimum Gasteiger partial charge on any atom is -0.394 e. The van der Waals surface area contributed by atoms with Gasteiger partial charge >= 0.3 is 0 Å². The Morgan fingerprint density at radius 2 is 2.17 bits per heavy atom. The first kappa shape index (κ1) is 17.1. The minimum atomic E-state index is -1.20. The number of hydrogen-bond acceptors (Lipinski definition) is 8. The van der Waals surface area contributed by atoms with Gasteiger partial charge in [-0.3, -0.25) is 4.57 Å². The summed E-state index contributed by atoms with van der Waals surface area (Å²) in [6.07, 6.45) is 0.461. The Morgan fingerprint density at radius 3 is 2.83 bits per heavy atom. The predicted molar refractivity (Wildman–Crippen MR) is 86.4 cm³/mol. The molecule has 3 heterocycles. The molecule has 130 valence electrons. The van der Waals surface area contributed by atoms with Crippen molar-refractivity contribution in [1.29, 1.82) is 0 Å². The molecule has 10 heteroatoms. The molecule has 24 heavy (non-hydrogen) atoms. The quantitative estimate of drug-likeness (QED) is 0.590. The molecule has 0 saturated carbocycles. The van der Waals surface area contributed by atoms with Gasteiger partial charge in [-0.05, 0) is 6.92 Å². The molecule has 1 saturated heterocycles. The number of ether oxygens (including phenoxy) is 1. The van der Waals surface area contributed by atoms with E-state index in [1.165, 1.54) is 17.2 Å². The third kappa shape index (κ3) is 3.08. The lowest BCUT2D eigenvalue weighted by Gasteiger charge is -2.16. The Balaban J connectivity index is 1.90. The van der Waals surface area contributed by atoms with E-state index in [1.807, 2.05) is 0 Å². The zero-order valence-corrected chi connectivity index (χ0v) is 13.6. The summed E-state index contributed by atoms with van der Waals surface area (Å²) in [5, 5.41) is 33.0. The average molecular weight is 356 g/mol. The molecule has 2 aromatic heterocycles. The Bertz CT molecular complexity index is 748. The monoisotopic (exact) mass is 355 g/mol. The number of nitrogens with one attached hydrogen (secondary N) is 1. The van der Waals surface area contributed by atoms with Gasteiger partial charge in [-0.25, -0.2) is 15.0 Å². The maximum Gasteiger partial charge on any atom is 0.167 e. The molecule has 1 aliphatic rings. The molecule has 1 fully saturated rings. The van der Waals surface area contributed by atoms with E-state index < -0.39 is 31.1 Å². The van der Waals surface area contributed by atoms with E-state index in [9.17, 15) is 15.3 Å². The second-order valence-electron chi connectivity index (χ2n) is 5.45. The molecule has 0 aliphatic carbocycles. The van der Waals surface area contributed by atoms with Crippen molar-refractivity contribution in [2.45, 2.75) is 31.5 Å². The van der Waals surface area contributed by atoms with Gasteiger partial charge in [-0.15, -0.1) is 0 Å². The summed E-state index contributed by atoms with van der Waals surface area (Å²) in [7, 11) is 0. The van der Waals surface area contributed by atoms with Crippen LogP contribution in [0.25, 0.3) is 11.2 Å². The number of nitrogens with zero attached hydrogens (tertiary/aromatic N) is 4. The van der Waals surface area contributed by atoms with Gasteiger partial charge in [0.05, 0.1) is 12.9 Å². The van der Waals surface area contributed by atoms with Crippen LogP contribution in [0, 0.1) is 0 Å². The number of allylic oxidation sites excluding steroid dienone is 1. The highest BCUT2D eigenvalue weighted by molar-refractivity contribution is 6.29. The van der Waals surface area contributed by atoms with E-state index in [0.29, 0.717) is 28.6 Å². The molecule has 0 aromatic carbocycles. The van der Waals surface area contributed by atoms with Crippen LogP contribution in [-0.4, -0.2) is 66.3 Å². The molecule has 0 spiro atoms. The van der Waals surface area contributed by atoms with E-state index in [2.05, 4.69) is 20.3 Å². The van der Waals surface area contributed by atoms with Gasteiger partial charge in [-0.1, -0.05) is 17.7 Å². The van der Waals surface area contributed by atoms with Crippen LogP contribution in [0.5, 0.6) is 0 Å². The first-order valence-corrected chi connectivity index (χ1v) is 7.77. The molecule has 9 nitrogen and oxygen atoms in total. The van der Waals surface area contributed by atoms with Gasteiger partial charge in [0.2, 0.25) is 0 Å². The molecular weight excluding hydrogens is 338 g/mol. The van der Waals surface area contributed by atoms with Gasteiger partial charge in [0.1, 0.15) is 24.6 Å². The van der Waals surface area contributed by atoms with Crippen molar-refractivity contribution in [3.63, 3.8) is 0 Å². The topological polar surface area (TPSA) is 126 Å². The van der Waals surface area contributed by atoms with E-state index in [-0.39, 0.29) is 0 Å². The summed E-state index contributed by atoms with van der Waals surface area (Å²) >= 11 is 5.79. The largest absolute Gasteiger partial charge is 0.394 e. The fourth-order valence-electron chi connectivity index (χ4n) is 2.57. The fourth-order valence-corrected chi connectivity index (χ4v) is 2.64. The van der Waals surface area contributed by atoms with Crippen molar-refractivity contribution in [3.8, 4) is 0 Å². The van der Waals surface area contributed by atoms with Crippen LogP contribution in [0.4, 0.5) is 5.82 Å². The van der Waals surface area contributed by atoms with Gasteiger partial charge in [0.15, 0.2) is 23.2 Å². The lowest BCUT2D eigenvalue weighted by atomic mass is 10.1. The van der Waals surface area contributed by atoms with Crippen LogP contribution in [0.1, 0.15) is 13.2 Å². The minimum absolute atomic E-state index is 0.396. The van der Waals surface area contributed by atoms with Crippen molar-refractivity contribution < 1.29 is 20.1 Å². The molecule has 0 bridgehead atoms. The van der Waals surface area contributed by atoms with Crippen LogP contribution < -0.4 is 5.32 Å². The molecule has 0 amide bonds. The number of aliphatic hydroxyl groups is 3. The third-order valence-corrected chi connectivity index (χ3v) is 3.96. The molecule has 3 rings (SSSR count). The Hall–Kier alpha value is -1.78. The van der Waals surface area contributed by atoms with Crippen LogP contribution in [0.3, 0.4) is 0 Å². The maximum absolute atomic E-state index is 10.1. The maximum atomic E-state index is 10.1. The van der Waals surface area contributed by atoms with E-state index >= 15 is 0 Å². The number of imidazole rings is 1. The van der Waals surface area contributed by atoms with Crippen LogP contribution >= 0.6 is 11.6 Å². The summed E-state index contributed by atoms with van der Waals surface area (Å²) in [6.45, 7) is 1.85. The normalized spacial score (nSPS) is 27.8. The van der Waals surface area contributed by atoms with Crippen molar-refractivity contribution in [2.24, 2.45) is 0 Å².